The van der Waals surface area contributed by atoms with E-state index in [9.17, 15) is 9.59 Å². The summed E-state index contributed by atoms with van der Waals surface area (Å²) in [5, 5.41) is 5.44. The lowest BCUT2D eigenvalue weighted by molar-refractivity contribution is -0.140. The number of allylic oxidation sites excluding steroid dienone is 1. The summed E-state index contributed by atoms with van der Waals surface area (Å²) in [5.74, 6) is -0.466. The number of urea groups is 1. The van der Waals surface area contributed by atoms with E-state index >= 15 is 0 Å². The van der Waals surface area contributed by atoms with E-state index in [1.807, 2.05) is 24.3 Å². The van der Waals surface area contributed by atoms with E-state index in [1.165, 1.54) is 5.56 Å². The van der Waals surface area contributed by atoms with Gasteiger partial charge in [-0.1, -0.05) is 45.0 Å². The van der Waals surface area contributed by atoms with E-state index in [0.717, 1.165) is 5.56 Å². The highest BCUT2D eigenvalue weighted by Crippen LogP contribution is 2.30. The normalized spacial score (nSPS) is 17.8. The first kappa shape index (κ1) is 19.0. The fourth-order valence-corrected chi connectivity index (χ4v) is 2.69. The fourth-order valence-electron chi connectivity index (χ4n) is 2.69. The number of carbonyl (C=O) groups is 2. The molecule has 2 rings (SSSR count). The third-order valence-corrected chi connectivity index (χ3v) is 4.12. The lowest BCUT2D eigenvalue weighted by Gasteiger charge is -2.28. The third-order valence-electron chi connectivity index (χ3n) is 4.12. The topological polar surface area (TPSA) is 76.7 Å². The molecule has 0 radical (unpaired) electrons. The average Bonchev–Trinajstić information content (AvgIpc) is 2.53. The average molecular weight is 346 g/mol. The molecule has 6 heteroatoms. The van der Waals surface area contributed by atoms with Crippen LogP contribution in [0.2, 0.25) is 0 Å². The number of esters is 1. The van der Waals surface area contributed by atoms with Crippen LogP contribution in [0.3, 0.4) is 0 Å². The number of hydrogen-bond donors (Lipinski definition) is 2. The highest BCUT2D eigenvalue weighted by molar-refractivity contribution is 5.95. The zero-order chi connectivity index (χ0) is 18.6. The van der Waals surface area contributed by atoms with Crippen molar-refractivity contribution >= 4 is 12.0 Å². The molecule has 0 bridgehead atoms. The predicted octanol–water partition coefficient (Wildman–Crippen LogP) is 2.80. The Balaban J connectivity index is 2.30. The molecule has 0 saturated heterocycles. The van der Waals surface area contributed by atoms with Gasteiger partial charge < -0.3 is 20.1 Å². The SMILES string of the molecule is COCCOC(=O)C1=C(C)NC(=O)NC1c1ccc(C(C)(C)C)cc1. The predicted molar refractivity (Wildman–Crippen MR) is 95.1 cm³/mol. The molecule has 0 aromatic heterocycles. The Morgan fingerprint density at radius 1 is 1.16 bits per heavy atom. The van der Waals surface area contributed by atoms with Crippen molar-refractivity contribution < 1.29 is 19.1 Å². The van der Waals surface area contributed by atoms with Crippen LogP contribution in [0, 0.1) is 0 Å². The molecule has 25 heavy (non-hydrogen) atoms. The molecule has 6 nitrogen and oxygen atoms in total. The molecule has 2 amide bonds. The van der Waals surface area contributed by atoms with Crippen molar-refractivity contribution in [1.29, 1.82) is 0 Å². The molecule has 1 aliphatic rings. The number of ether oxygens (including phenoxy) is 2. The lowest BCUT2D eigenvalue weighted by Crippen LogP contribution is -2.45. The molecule has 2 N–H and O–H groups in total. The van der Waals surface area contributed by atoms with Gasteiger partial charge in [0.25, 0.3) is 0 Å². The molecule has 1 unspecified atom stereocenters. The summed E-state index contributed by atoms with van der Waals surface area (Å²) in [6.45, 7) is 8.59. The minimum Gasteiger partial charge on any atom is -0.460 e. The highest BCUT2D eigenvalue weighted by atomic mass is 16.6. The number of methoxy groups -OCH3 is 1. The molecule has 0 spiro atoms. The van der Waals surface area contributed by atoms with Gasteiger partial charge in [-0.15, -0.1) is 0 Å². The number of amides is 2. The van der Waals surface area contributed by atoms with Gasteiger partial charge in [-0.25, -0.2) is 9.59 Å². The number of rotatable bonds is 5. The Hall–Kier alpha value is -2.34. The quantitative estimate of drug-likeness (QED) is 0.635. The van der Waals surface area contributed by atoms with Crippen molar-refractivity contribution in [1.82, 2.24) is 10.6 Å². The molecular weight excluding hydrogens is 320 g/mol. The number of hydrogen-bond acceptors (Lipinski definition) is 4. The van der Waals surface area contributed by atoms with Gasteiger partial charge in [0.1, 0.15) is 6.61 Å². The van der Waals surface area contributed by atoms with Crippen molar-refractivity contribution in [2.75, 3.05) is 20.3 Å². The first-order chi connectivity index (χ1) is 11.7. The van der Waals surface area contributed by atoms with Gasteiger partial charge in [0.05, 0.1) is 18.2 Å². The summed E-state index contributed by atoms with van der Waals surface area (Å²) >= 11 is 0. The van der Waals surface area contributed by atoms with Crippen molar-refractivity contribution in [2.24, 2.45) is 0 Å². The summed E-state index contributed by atoms with van der Waals surface area (Å²) in [6, 6.07) is 7.03. The second kappa shape index (κ2) is 7.70. The summed E-state index contributed by atoms with van der Waals surface area (Å²) in [7, 11) is 1.54. The molecule has 1 aromatic carbocycles. The van der Waals surface area contributed by atoms with Crippen LogP contribution < -0.4 is 10.6 Å². The molecule has 0 fully saturated rings. The van der Waals surface area contributed by atoms with E-state index in [-0.39, 0.29) is 18.1 Å². The third kappa shape index (κ3) is 4.60. The second-order valence-electron chi connectivity index (χ2n) is 7.07. The Morgan fingerprint density at radius 3 is 2.36 bits per heavy atom. The molecule has 1 aromatic rings. The van der Waals surface area contributed by atoms with Crippen LogP contribution in [-0.2, 0) is 19.7 Å². The van der Waals surface area contributed by atoms with E-state index < -0.39 is 12.0 Å². The molecule has 136 valence electrons. The lowest BCUT2D eigenvalue weighted by atomic mass is 9.85. The number of carbonyl (C=O) groups excluding carboxylic acids is 2. The van der Waals surface area contributed by atoms with E-state index in [4.69, 9.17) is 9.47 Å². The van der Waals surface area contributed by atoms with Gasteiger partial charge in [-0.3, -0.25) is 0 Å². The zero-order valence-corrected chi connectivity index (χ0v) is 15.4. The molecule has 1 aliphatic heterocycles. The van der Waals surface area contributed by atoms with Crippen LogP contribution in [0.25, 0.3) is 0 Å². The van der Waals surface area contributed by atoms with Gasteiger partial charge in [-0.05, 0) is 23.5 Å². The molecule has 1 atom stereocenters. The van der Waals surface area contributed by atoms with Gasteiger partial charge in [0, 0.05) is 12.8 Å². The van der Waals surface area contributed by atoms with Crippen LogP contribution in [0.4, 0.5) is 4.79 Å². The van der Waals surface area contributed by atoms with Gasteiger partial charge in [0.15, 0.2) is 0 Å². The van der Waals surface area contributed by atoms with Crippen LogP contribution in [0.15, 0.2) is 35.5 Å². The smallest absolute Gasteiger partial charge is 0.338 e. The van der Waals surface area contributed by atoms with Crippen molar-refractivity contribution in [3.8, 4) is 0 Å². The van der Waals surface area contributed by atoms with E-state index in [1.54, 1.807) is 14.0 Å². The van der Waals surface area contributed by atoms with Crippen LogP contribution in [0.1, 0.15) is 44.9 Å². The van der Waals surface area contributed by atoms with Gasteiger partial charge in [-0.2, -0.15) is 0 Å². The maximum absolute atomic E-state index is 12.5. The van der Waals surface area contributed by atoms with Crippen LogP contribution in [-0.4, -0.2) is 32.3 Å². The summed E-state index contributed by atoms with van der Waals surface area (Å²) < 4.78 is 10.1. The van der Waals surface area contributed by atoms with Gasteiger partial charge in [0.2, 0.25) is 0 Å². The maximum Gasteiger partial charge on any atom is 0.338 e. The Kier molecular flexibility index (Phi) is 5.85. The minimum absolute atomic E-state index is 0.0313. The van der Waals surface area contributed by atoms with Crippen molar-refractivity contribution in [2.45, 2.75) is 39.2 Å². The summed E-state index contributed by atoms with van der Waals surface area (Å²) in [5.41, 5.74) is 2.95. The maximum atomic E-state index is 12.5. The molecule has 1 heterocycles. The standard InChI is InChI=1S/C19H26N2O4/c1-12-15(17(22)25-11-10-24-5)16(21-18(23)20-12)13-6-8-14(9-7-13)19(2,3)4/h6-9,16H,10-11H2,1-5H3,(H2,20,21,23). The zero-order valence-electron chi connectivity index (χ0n) is 15.4. The monoisotopic (exact) mass is 346 g/mol. The number of nitrogens with one attached hydrogen (secondary N) is 2. The highest BCUT2D eigenvalue weighted by Gasteiger charge is 2.32. The first-order valence-electron chi connectivity index (χ1n) is 8.29. The minimum atomic E-state index is -0.544. The Labute approximate surface area is 148 Å². The number of benzene rings is 1. The van der Waals surface area contributed by atoms with Crippen molar-refractivity contribution in [3.63, 3.8) is 0 Å². The largest absolute Gasteiger partial charge is 0.460 e. The van der Waals surface area contributed by atoms with E-state index in [2.05, 4.69) is 31.4 Å². The molecule has 0 saturated carbocycles. The summed E-state index contributed by atoms with van der Waals surface area (Å²) in [4.78, 5) is 24.4. The molecular formula is C19H26N2O4. The van der Waals surface area contributed by atoms with Crippen molar-refractivity contribution in [3.05, 3.63) is 46.7 Å². The first-order valence-corrected chi connectivity index (χ1v) is 8.29. The Bertz CT molecular complexity index is 672. The fraction of sp³-hybridized carbons (Fsp3) is 0.474. The van der Waals surface area contributed by atoms with Crippen LogP contribution in [0.5, 0.6) is 0 Å². The second-order valence-corrected chi connectivity index (χ2v) is 7.07. The Morgan fingerprint density at radius 2 is 1.80 bits per heavy atom. The summed E-state index contributed by atoms with van der Waals surface area (Å²) in [6.07, 6.45) is 0. The van der Waals surface area contributed by atoms with Gasteiger partial charge >= 0.3 is 12.0 Å². The van der Waals surface area contributed by atoms with Crippen LogP contribution >= 0.6 is 0 Å². The molecule has 0 aliphatic carbocycles. The van der Waals surface area contributed by atoms with E-state index in [0.29, 0.717) is 17.9 Å².